The van der Waals surface area contributed by atoms with E-state index in [-0.39, 0.29) is 23.8 Å². The van der Waals surface area contributed by atoms with Gasteiger partial charge in [-0.15, -0.1) is 0 Å². The predicted octanol–water partition coefficient (Wildman–Crippen LogP) is 4.60. The summed E-state index contributed by atoms with van der Waals surface area (Å²) < 4.78 is 10.9. The average Bonchev–Trinajstić information content (AvgIpc) is 3.29. The molecule has 2 saturated carbocycles. The van der Waals surface area contributed by atoms with Gasteiger partial charge in [0.15, 0.2) is 0 Å². The highest BCUT2D eigenvalue weighted by molar-refractivity contribution is 5.84. The quantitative estimate of drug-likeness (QED) is 0.599. The van der Waals surface area contributed by atoms with E-state index < -0.39 is 11.0 Å². The van der Waals surface area contributed by atoms with Crippen LogP contribution in [0.5, 0.6) is 0 Å². The van der Waals surface area contributed by atoms with Gasteiger partial charge in [-0.3, -0.25) is 9.59 Å². The molecule has 5 nitrogen and oxygen atoms in total. The number of methoxy groups -OCH3 is 1. The minimum absolute atomic E-state index is 0.120. The van der Waals surface area contributed by atoms with Crippen molar-refractivity contribution >= 4 is 11.9 Å². The number of hydrogen-bond donors (Lipinski definition) is 1. The Kier molecular flexibility index (Phi) is 7.22. The fraction of sp³-hybridized carbons (Fsp3) is 0.680. The van der Waals surface area contributed by atoms with Crippen LogP contribution in [0.15, 0.2) is 30.3 Å². The van der Waals surface area contributed by atoms with E-state index in [4.69, 9.17) is 9.47 Å². The standard InChI is InChI=1S/C25H37NO4/c1-24(2,3)30-22(27)19(12-15-29-4)17-25(13-8-9-14-25)23(28)26-21-16-20(21)18-10-6-5-7-11-18/h5-7,10-11,19-21H,8-9,12-17H2,1-4H3,(H,26,28). The molecule has 30 heavy (non-hydrogen) atoms. The number of carbonyl (C=O) groups is 2. The van der Waals surface area contributed by atoms with Crippen molar-refractivity contribution in [1.82, 2.24) is 5.32 Å². The molecule has 1 aromatic carbocycles. The number of nitrogens with one attached hydrogen (secondary N) is 1. The summed E-state index contributed by atoms with van der Waals surface area (Å²) in [5.41, 5.74) is 0.277. The van der Waals surface area contributed by atoms with Crippen LogP contribution in [0.3, 0.4) is 0 Å². The molecule has 3 atom stereocenters. The number of hydrogen-bond acceptors (Lipinski definition) is 4. The van der Waals surface area contributed by atoms with E-state index in [0.717, 1.165) is 32.1 Å². The zero-order valence-electron chi connectivity index (χ0n) is 18.9. The second-order valence-electron chi connectivity index (χ2n) is 10.0. The van der Waals surface area contributed by atoms with Crippen LogP contribution >= 0.6 is 0 Å². The van der Waals surface area contributed by atoms with Crippen LogP contribution < -0.4 is 5.32 Å². The van der Waals surface area contributed by atoms with E-state index >= 15 is 0 Å². The van der Waals surface area contributed by atoms with Crippen molar-refractivity contribution in [3.8, 4) is 0 Å². The van der Waals surface area contributed by atoms with Crippen molar-refractivity contribution in [2.45, 2.75) is 83.3 Å². The molecule has 1 N–H and O–H groups in total. The molecular weight excluding hydrogens is 378 g/mol. The van der Waals surface area contributed by atoms with Crippen molar-refractivity contribution in [2.24, 2.45) is 11.3 Å². The maximum atomic E-state index is 13.4. The van der Waals surface area contributed by atoms with E-state index in [9.17, 15) is 9.59 Å². The van der Waals surface area contributed by atoms with Gasteiger partial charge < -0.3 is 14.8 Å². The molecule has 1 aromatic rings. The molecule has 2 aliphatic rings. The molecule has 2 aliphatic carbocycles. The SMILES string of the molecule is COCCC(CC1(C(=O)NC2CC2c2ccccc2)CCCC1)C(=O)OC(C)(C)C. The summed E-state index contributed by atoms with van der Waals surface area (Å²) in [6.07, 6.45) is 5.86. The van der Waals surface area contributed by atoms with Gasteiger partial charge in [-0.05, 0) is 58.4 Å². The molecule has 0 bridgehead atoms. The third-order valence-electron chi connectivity index (χ3n) is 6.42. The van der Waals surface area contributed by atoms with Crippen molar-refractivity contribution in [1.29, 1.82) is 0 Å². The van der Waals surface area contributed by atoms with E-state index in [1.807, 2.05) is 39.0 Å². The molecule has 0 radical (unpaired) electrons. The van der Waals surface area contributed by atoms with Gasteiger partial charge in [-0.2, -0.15) is 0 Å². The Morgan fingerprint density at radius 1 is 1.17 bits per heavy atom. The smallest absolute Gasteiger partial charge is 0.309 e. The van der Waals surface area contributed by atoms with Gasteiger partial charge >= 0.3 is 5.97 Å². The predicted molar refractivity (Wildman–Crippen MR) is 117 cm³/mol. The molecular formula is C25H37NO4. The first-order valence-electron chi connectivity index (χ1n) is 11.3. The van der Waals surface area contributed by atoms with Crippen LogP contribution in [0.25, 0.3) is 0 Å². The number of rotatable bonds is 9. The van der Waals surface area contributed by atoms with Crippen LogP contribution in [0.4, 0.5) is 0 Å². The Hall–Kier alpha value is -1.88. The number of benzene rings is 1. The minimum Gasteiger partial charge on any atom is -0.460 e. The highest BCUT2D eigenvalue weighted by Gasteiger charge is 2.48. The summed E-state index contributed by atoms with van der Waals surface area (Å²) in [6, 6.07) is 10.6. The third kappa shape index (κ3) is 5.84. The normalized spacial score (nSPS) is 23.6. The highest BCUT2D eigenvalue weighted by atomic mass is 16.6. The lowest BCUT2D eigenvalue weighted by Crippen LogP contribution is -2.43. The van der Waals surface area contributed by atoms with Crippen molar-refractivity contribution in [3.05, 3.63) is 35.9 Å². The molecule has 3 unspecified atom stereocenters. The van der Waals surface area contributed by atoms with E-state index in [0.29, 0.717) is 25.4 Å². The Bertz CT molecular complexity index is 718. The van der Waals surface area contributed by atoms with Gasteiger partial charge in [-0.25, -0.2) is 0 Å². The fourth-order valence-corrected chi connectivity index (χ4v) is 4.74. The maximum absolute atomic E-state index is 13.4. The summed E-state index contributed by atoms with van der Waals surface area (Å²) in [5.74, 6) is -0.0116. The first-order valence-corrected chi connectivity index (χ1v) is 11.3. The van der Waals surface area contributed by atoms with Gasteiger partial charge in [-0.1, -0.05) is 43.2 Å². The molecule has 166 valence electrons. The molecule has 1 amide bonds. The summed E-state index contributed by atoms with van der Waals surface area (Å²) >= 11 is 0. The van der Waals surface area contributed by atoms with E-state index in [1.165, 1.54) is 5.56 Å². The molecule has 0 saturated heterocycles. The van der Waals surface area contributed by atoms with E-state index in [2.05, 4.69) is 17.4 Å². The van der Waals surface area contributed by atoms with Crippen molar-refractivity contribution < 1.29 is 19.1 Å². The molecule has 2 fully saturated rings. The maximum Gasteiger partial charge on any atom is 0.309 e. The van der Waals surface area contributed by atoms with Crippen LogP contribution in [-0.4, -0.2) is 37.2 Å². The number of esters is 1. The molecule has 0 heterocycles. The average molecular weight is 416 g/mol. The van der Waals surface area contributed by atoms with Gasteiger partial charge in [0.05, 0.1) is 11.3 Å². The van der Waals surface area contributed by atoms with Gasteiger partial charge in [0.2, 0.25) is 5.91 Å². The molecule has 0 aromatic heterocycles. The fourth-order valence-electron chi connectivity index (χ4n) is 4.74. The molecule has 3 rings (SSSR count). The van der Waals surface area contributed by atoms with Crippen LogP contribution in [0.2, 0.25) is 0 Å². The molecule has 5 heteroatoms. The number of amides is 1. The van der Waals surface area contributed by atoms with Crippen molar-refractivity contribution in [3.63, 3.8) is 0 Å². The lowest BCUT2D eigenvalue weighted by molar-refractivity contribution is -0.162. The summed E-state index contributed by atoms with van der Waals surface area (Å²) in [5, 5.41) is 3.31. The molecule has 0 aliphatic heterocycles. The highest BCUT2D eigenvalue weighted by Crippen LogP contribution is 2.47. The lowest BCUT2D eigenvalue weighted by atomic mass is 9.76. The first kappa shape index (κ1) is 22.8. The van der Waals surface area contributed by atoms with Gasteiger partial charge in [0, 0.05) is 25.7 Å². The monoisotopic (exact) mass is 415 g/mol. The Morgan fingerprint density at radius 2 is 1.83 bits per heavy atom. The summed E-state index contributed by atoms with van der Waals surface area (Å²) in [7, 11) is 1.64. The zero-order valence-corrected chi connectivity index (χ0v) is 18.9. The first-order chi connectivity index (χ1) is 14.2. The second kappa shape index (κ2) is 9.51. The van der Waals surface area contributed by atoms with Crippen LogP contribution in [0, 0.1) is 11.3 Å². The van der Waals surface area contributed by atoms with Crippen LogP contribution in [0.1, 0.15) is 77.2 Å². The topological polar surface area (TPSA) is 64.6 Å². The second-order valence-corrected chi connectivity index (χ2v) is 10.0. The molecule has 0 spiro atoms. The Morgan fingerprint density at radius 3 is 2.43 bits per heavy atom. The van der Waals surface area contributed by atoms with Crippen molar-refractivity contribution in [2.75, 3.05) is 13.7 Å². The van der Waals surface area contributed by atoms with Crippen LogP contribution in [-0.2, 0) is 19.1 Å². The summed E-state index contributed by atoms with van der Waals surface area (Å²) in [6.45, 7) is 6.13. The number of ether oxygens (including phenoxy) is 2. The Balaban J connectivity index is 1.67. The van der Waals surface area contributed by atoms with Gasteiger partial charge in [0.1, 0.15) is 5.60 Å². The minimum atomic E-state index is -0.537. The third-order valence-corrected chi connectivity index (χ3v) is 6.42. The summed E-state index contributed by atoms with van der Waals surface area (Å²) in [4.78, 5) is 26.3. The largest absolute Gasteiger partial charge is 0.460 e. The lowest BCUT2D eigenvalue weighted by Gasteiger charge is -2.32. The van der Waals surface area contributed by atoms with E-state index in [1.54, 1.807) is 7.11 Å². The Labute approximate surface area is 180 Å². The zero-order chi connectivity index (χ0) is 21.8. The number of carbonyl (C=O) groups excluding carboxylic acids is 2. The van der Waals surface area contributed by atoms with Gasteiger partial charge in [0.25, 0.3) is 0 Å².